The monoisotopic (exact) mass is 300 g/mol. The van der Waals surface area contributed by atoms with Gasteiger partial charge < -0.3 is 0 Å². The lowest BCUT2D eigenvalue weighted by atomic mass is 9.85. The second kappa shape index (κ2) is 4.53. The minimum Gasteiger partial charge on any atom is -0.272 e. The van der Waals surface area contributed by atoms with Crippen LogP contribution < -0.4 is 0 Å². The maximum absolute atomic E-state index is 12.4. The first-order valence-electron chi connectivity index (χ1n) is 7.01. The van der Waals surface area contributed by atoms with Crippen LogP contribution in [0.15, 0.2) is 41.5 Å². The number of imide groups is 1. The van der Waals surface area contributed by atoms with E-state index in [-0.39, 0.29) is 35.5 Å². The Kier molecular flexibility index (Phi) is 2.76. The first-order chi connectivity index (χ1) is 10.1. The van der Waals surface area contributed by atoms with E-state index in [1.807, 2.05) is 0 Å². The van der Waals surface area contributed by atoms with E-state index < -0.39 is 0 Å². The standard InChI is InChI=1S/C16H13ClN2O2/c17-12-5-1-9(2-6-12)8-18-19-15(20)13-10-3-4-11(7-10)14(13)16(19)21/h1-6,8,10-11,13-14H,7H2. The van der Waals surface area contributed by atoms with Crippen molar-refractivity contribution in [3.63, 3.8) is 0 Å². The predicted molar refractivity (Wildman–Crippen MR) is 78.6 cm³/mol. The first kappa shape index (κ1) is 12.8. The number of amides is 2. The van der Waals surface area contributed by atoms with Gasteiger partial charge in [-0.1, -0.05) is 35.9 Å². The van der Waals surface area contributed by atoms with Crippen LogP contribution >= 0.6 is 11.6 Å². The summed E-state index contributed by atoms with van der Waals surface area (Å²) in [5.74, 6) is -0.289. The van der Waals surface area contributed by atoms with Gasteiger partial charge in [-0.3, -0.25) is 9.59 Å². The zero-order chi connectivity index (χ0) is 14.6. The van der Waals surface area contributed by atoms with E-state index in [0.29, 0.717) is 5.02 Å². The minimum atomic E-state index is -0.199. The Morgan fingerprint density at radius 3 is 2.19 bits per heavy atom. The molecule has 1 aliphatic heterocycles. The van der Waals surface area contributed by atoms with Crippen molar-refractivity contribution in [1.82, 2.24) is 5.01 Å². The number of halogens is 1. The highest BCUT2D eigenvalue weighted by molar-refractivity contribution is 6.30. The van der Waals surface area contributed by atoms with Crippen molar-refractivity contribution in [3.05, 3.63) is 47.0 Å². The van der Waals surface area contributed by atoms with Crippen LogP contribution in [0, 0.1) is 23.7 Å². The highest BCUT2D eigenvalue weighted by atomic mass is 35.5. The molecule has 0 spiro atoms. The van der Waals surface area contributed by atoms with Gasteiger partial charge in [0, 0.05) is 5.02 Å². The smallest absolute Gasteiger partial charge is 0.254 e. The third-order valence-corrected chi connectivity index (χ3v) is 4.89. The summed E-state index contributed by atoms with van der Waals surface area (Å²) < 4.78 is 0. The highest BCUT2D eigenvalue weighted by Crippen LogP contribution is 2.52. The lowest BCUT2D eigenvalue weighted by Gasteiger charge is -2.13. The average Bonchev–Trinajstić information content (AvgIpc) is 3.14. The molecule has 1 saturated heterocycles. The van der Waals surface area contributed by atoms with Gasteiger partial charge in [-0.05, 0) is 36.0 Å². The lowest BCUT2D eigenvalue weighted by molar-refractivity contribution is -0.140. The molecule has 1 heterocycles. The fourth-order valence-corrected chi connectivity index (χ4v) is 3.80. The van der Waals surface area contributed by atoms with Crippen molar-refractivity contribution >= 4 is 29.6 Å². The van der Waals surface area contributed by atoms with Gasteiger partial charge in [0.25, 0.3) is 11.8 Å². The number of hydrazone groups is 1. The molecule has 4 unspecified atom stereocenters. The second-order valence-corrected chi connectivity index (χ2v) is 6.22. The molecule has 0 radical (unpaired) electrons. The van der Waals surface area contributed by atoms with Gasteiger partial charge in [-0.25, -0.2) is 0 Å². The van der Waals surface area contributed by atoms with Crippen LogP contribution in [-0.4, -0.2) is 23.0 Å². The molecule has 2 aliphatic carbocycles. The molecule has 1 aromatic carbocycles. The topological polar surface area (TPSA) is 49.7 Å². The van der Waals surface area contributed by atoms with E-state index in [1.165, 1.54) is 6.21 Å². The minimum absolute atomic E-state index is 0.160. The quantitative estimate of drug-likeness (QED) is 0.479. The maximum atomic E-state index is 12.4. The van der Waals surface area contributed by atoms with E-state index in [1.54, 1.807) is 24.3 Å². The number of rotatable bonds is 2. The SMILES string of the molecule is O=C1C2C3C=CC(C3)C2C(=O)N1N=Cc1ccc(Cl)cc1. The van der Waals surface area contributed by atoms with Crippen LogP contribution in [0.4, 0.5) is 0 Å². The second-order valence-electron chi connectivity index (χ2n) is 5.78. The van der Waals surface area contributed by atoms with Gasteiger partial charge in [0.1, 0.15) is 0 Å². The summed E-state index contributed by atoms with van der Waals surface area (Å²) in [6.45, 7) is 0. The molecule has 2 amide bonds. The van der Waals surface area contributed by atoms with Gasteiger partial charge in [-0.2, -0.15) is 10.1 Å². The van der Waals surface area contributed by atoms with Crippen molar-refractivity contribution in [2.24, 2.45) is 28.8 Å². The third kappa shape index (κ3) is 1.86. The fraction of sp³-hybridized carbons (Fsp3) is 0.312. The number of nitrogens with zero attached hydrogens (tertiary/aromatic N) is 2. The Bertz CT molecular complexity index is 650. The molecular formula is C16H13ClN2O2. The van der Waals surface area contributed by atoms with Crippen LogP contribution in [0.1, 0.15) is 12.0 Å². The molecule has 4 atom stereocenters. The molecular weight excluding hydrogens is 288 g/mol. The van der Waals surface area contributed by atoms with Crippen molar-refractivity contribution in [1.29, 1.82) is 0 Å². The van der Waals surface area contributed by atoms with Crippen molar-refractivity contribution in [3.8, 4) is 0 Å². The fourth-order valence-electron chi connectivity index (χ4n) is 3.67. The molecule has 1 aromatic rings. The summed E-state index contributed by atoms with van der Waals surface area (Å²) in [6, 6.07) is 7.08. The number of hydrogen-bond donors (Lipinski definition) is 0. The van der Waals surface area contributed by atoms with Crippen LogP contribution in [-0.2, 0) is 9.59 Å². The van der Waals surface area contributed by atoms with Crippen LogP contribution in [0.2, 0.25) is 5.02 Å². The van der Waals surface area contributed by atoms with E-state index in [0.717, 1.165) is 17.0 Å². The van der Waals surface area contributed by atoms with E-state index in [2.05, 4.69) is 17.3 Å². The molecule has 106 valence electrons. The maximum Gasteiger partial charge on any atom is 0.254 e. The first-order valence-corrected chi connectivity index (χ1v) is 7.38. The molecule has 21 heavy (non-hydrogen) atoms. The van der Waals surface area contributed by atoms with Crippen molar-refractivity contribution < 1.29 is 9.59 Å². The zero-order valence-corrected chi connectivity index (χ0v) is 11.9. The molecule has 1 saturated carbocycles. The summed E-state index contributed by atoms with van der Waals surface area (Å²) in [5, 5.41) is 5.79. The molecule has 0 aromatic heterocycles. The Balaban J connectivity index is 1.58. The molecule has 4 nitrogen and oxygen atoms in total. The Hall–Kier alpha value is -1.94. The molecule has 2 fully saturated rings. The van der Waals surface area contributed by atoms with Gasteiger partial charge in [0.2, 0.25) is 0 Å². The van der Waals surface area contributed by atoms with Crippen LogP contribution in [0.5, 0.6) is 0 Å². The van der Waals surface area contributed by atoms with Crippen LogP contribution in [0.3, 0.4) is 0 Å². The number of allylic oxidation sites excluding steroid dienone is 2. The normalized spacial score (nSPS) is 33.5. The summed E-state index contributed by atoms with van der Waals surface area (Å²) in [7, 11) is 0. The number of fused-ring (bicyclic) bond motifs is 5. The summed E-state index contributed by atoms with van der Waals surface area (Å²) in [4.78, 5) is 24.8. The van der Waals surface area contributed by atoms with E-state index in [9.17, 15) is 9.59 Å². The number of carbonyl (C=O) groups is 2. The van der Waals surface area contributed by atoms with Crippen molar-refractivity contribution in [2.45, 2.75) is 6.42 Å². The largest absolute Gasteiger partial charge is 0.272 e. The van der Waals surface area contributed by atoms with Gasteiger partial charge in [-0.15, -0.1) is 0 Å². The Morgan fingerprint density at radius 2 is 1.62 bits per heavy atom. The third-order valence-electron chi connectivity index (χ3n) is 4.64. The summed E-state index contributed by atoms with van der Waals surface area (Å²) >= 11 is 5.82. The molecule has 3 aliphatic rings. The van der Waals surface area contributed by atoms with Gasteiger partial charge in [0.05, 0.1) is 18.1 Å². The highest BCUT2D eigenvalue weighted by Gasteiger charge is 2.59. The number of carbonyl (C=O) groups excluding carboxylic acids is 2. The van der Waals surface area contributed by atoms with Crippen LogP contribution in [0.25, 0.3) is 0 Å². The van der Waals surface area contributed by atoms with Gasteiger partial charge >= 0.3 is 0 Å². The Morgan fingerprint density at radius 1 is 1.05 bits per heavy atom. The molecule has 0 N–H and O–H groups in total. The van der Waals surface area contributed by atoms with E-state index in [4.69, 9.17) is 11.6 Å². The van der Waals surface area contributed by atoms with E-state index >= 15 is 0 Å². The summed E-state index contributed by atoms with van der Waals surface area (Å²) in [5.41, 5.74) is 0.804. The zero-order valence-electron chi connectivity index (χ0n) is 11.1. The molecule has 2 bridgehead atoms. The van der Waals surface area contributed by atoms with Gasteiger partial charge in [0.15, 0.2) is 0 Å². The molecule has 5 heteroatoms. The Labute approximate surface area is 127 Å². The number of benzene rings is 1. The van der Waals surface area contributed by atoms with Crippen molar-refractivity contribution in [2.75, 3.05) is 0 Å². The predicted octanol–water partition coefficient (Wildman–Crippen LogP) is 2.48. The summed E-state index contributed by atoms with van der Waals surface area (Å²) in [6.07, 6.45) is 6.61. The average molecular weight is 301 g/mol. The lowest BCUT2D eigenvalue weighted by Crippen LogP contribution is -2.28. The number of hydrogen-bond acceptors (Lipinski definition) is 3. The molecule has 4 rings (SSSR count).